The number of hydrogen-bond donors (Lipinski definition) is 0. The second-order valence-electron chi connectivity index (χ2n) is 1.78. The Morgan fingerprint density at radius 3 is 2.70 bits per heavy atom. The quantitative estimate of drug-likeness (QED) is 0.655. The SMILES string of the molecule is CSc1ccc(Br)cc1F. The number of hydrogen-bond acceptors (Lipinski definition) is 1. The number of thioether (sulfide) groups is 1. The van der Waals surface area contributed by atoms with Gasteiger partial charge < -0.3 is 0 Å². The zero-order valence-electron chi connectivity index (χ0n) is 5.40. The van der Waals surface area contributed by atoms with Gasteiger partial charge in [0.2, 0.25) is 0 Å². The Hall–Kier alpha value is -0.0200. The predicted octanol–water partition coefficient (Wildman–Crippen LogP) is 3.31. The van der Waals surface area contributed by atoms with E-state index in [0.29, 0.717) is 4.90 Å². The van der Waals surface area contributed by atoms with E-state index >= 15 is 0 Å². The van der Waals surface area contributed by atoms with E-state index in [1.54, 1.807) is 6.07 Å². The van der Waals surface area contributed by atoms with Crippen LogP contribution < -0.4 is 0 Å². The zero-order valence-corrected chi connectivity index (χ0v) is 7.80. The molecule has 0 amide bonds. The van der Waals surface area contributed by atoms with E-state index in [4.69, 9.17) is 0 Å². The summed E-state index contributed by atoms with van der Waals surface area (Å²) in [6.07, 6.45) is 1.85. The molecule has 0 aliphatic carbocycles. The first-order valence-corrected chi connectivity index (χ1v) is 4.75. The molecule has 0 unspecified atom stereocenters. The van der Waals surface area contributed by atoms with Gasteiger partial charge in [0.1, 0.15) is 5.82 Å². The molecule has 0 saturated carbocycles. The summed E-state index contributed by atoms with van der Waals surface area (Å²) in [6, 6.07) is 5.05. The van der Waals surface area contributed by atoms with E-state index in [0.717, 1.165) is 4.47 Å². The molecule has 3 heteroatoms. The smallest absolute Gasteiger partial charge is 0.137 e. The Morgan fingerprint density at radius 1 is 1.50 bits per heavy atom. The lowest BCUT2D eigenvalue weighted by molar-refractivity contribution is 0.601. The second-order valence-corrected chi connectivity index (χ2v) is 3.54. The van der Waals surface area contributed by atoms with Crippen molar-refractivity contribution in [1.82, 2.24) is 0 Å². The van der Waals surface area contributed by atoms with Crippen LogP contribution in [0.5, 0.6) is 0 Å². The lowest BCUT2D eigenvalue weighted by Gasteiger charge is -1.97. The minimum atomic E-state index is -0.165. The first-order valence-electron chi connectivity index (χ1n) is 2.73. The normalized spacial score (nSPS) is 9.90. The summed E-state index contributed by atoms with van der Waals surface area (Å²) in [6.45, 7) is 0. The summed E-state index contributed by atoms with van der Waals surface area (Å²) in [4.78, 5) is 0.684. The van der Waals surface area contributed by atoms with Crippen LogP contribution in [0.2, 0.25) is 0 Å². The first-order chi connectivity index (χ1) is 4.74. The van der Waals surface area contributed by atoms with Gasteiger partial charge in [-0.05, 0) is 24.5 Å². The molecule has 0 bridgehead atoms. The van der Waals surface area contributed by atoms with E-state index in [-0.39, 0.29) is 5.82 Å². The van der Waals surface area contributed by atoms with Crippen LogP contribution in [-0.4, -0.2) is 6.26 Å². The fourth-order valence-corrected chi connectivity index (χ4v) is 1.43. The maximum Gasteiger partial charge on any atom is 0.137 e. The zero-order chi connectivity index (χ0) is 7.56. The molecule has 0 N–H and O–H groups in total. The van der Waals surface area contributed by atoms with Crippen LogP contribution in [0.25, 0.3) is 0 Å². The summed E-state index contributed by atoms with van der Waals surface area (Å²) in [7, 11) is 0. The van der Waals surface area contributed by atoms with E-state index in [1.165, 1.54) is 17.8 Å². The number of halogens is 2. The average molecular weight is 221 g/mol. The lowest BCUT2D eigenvalue weighted by Crippen LogP contribution is -1.78. The average Bonchev–Trinajstić information content (AvgIpc) is 1.88. The fraction of sp³-hybridized carbons (Fsp3) is 0.143. The molecule has 0 atom stereocenters. The summed E-state index contributed by atoms with van der Waals surface area (Å²) in [5, 5.41) is 0. The van der Waals surface area contributed by atoms with Gasteiger partial charge in [-0.2, -0.15) is 0 Å². The van der Waals surface area contributed by atoms with E-state index in [9.17, 15) is 4.39 Å². The Labute approximate surface area is 72.0 Å². The van der Waals surface area contributed by atoms with Crippen molar-refractivity contribution in [3.8, 4) is 0 Å². The highest BCUT2D eigenvalue weighted by atomic mass is 79.9. The van der Waals surface area contributed by atoms with Crippen molar-refractivity contribution in [2.24, 2.45) is 0 Å². The summed E-state index contributed by atoms with van der Waals surface area (Å²) in [5.41, 5.74) is 0. The molecule has 0 radical (unpaired) electrons. The molecule has 0 heterocycles. The third-order valence-electron chi connectivity index (χ3n) is 1.11. The lowest BCUT2D eigenvalue weighted by atomic mass is 10.3. The standard InChI is InChI=1S/C7H6BrFS/c1-10-7-3-2-5(8)4-6(7)9/h2-4H,1H3. The Morgan fingerprint density at radius 2 is 2.20 bits per heavy atom. The van der Waals surface area contributed by atoms with Crippen LogP contribution in [0, 0.1) is 5.82 Å². The maximum absolute atomic E-state index is 12.8. The van der Waals surface area contributed by atoms with Gasteiger partial charge in [0.25, 0.3) is 0 Å². The Kier molecular flexibility index (Phi) is 2.74. The molecular weight excluding hydrogens is 215 g/mol. The highest BCUT2D eigenvalue weighted by Gasteiger charge is 1.98. The third kappa shape index (κ3) is 1.73. The highest BCUT2D eigenvalue weighted by Crippen LogP contribution is 2.22. The fourth-order valence-electron chi connectivity index (χ4n) is 0.641. The van der Waals surface area contributed by atoms with Crippen molar-refractivity contribution in [2.45, 2.75) is 4.90 Å². The largest absolute Gasteiger partial charge is 0.206 e. The maximum atomic E-state index is 12.8. The van der Waals surface area contributed by atoms with Crippen molar-refractivity contribution >= 4 is 27.7 Å². The minimum Gasteiger partial charge on any atom is -0.206 e. The third-order valence-corrected chi connectivity index (χ3v) is 2.38. The Bertz CT molecular complexity index is 237. The highest BCUT2D eigenvalue weighted by molar-refractivity contribution is 9.10. The van der Waals surface area contributed by atoms with Crippen molar-refractivity contribution in [2.75, 3.05) is 6.26 Å². The van der Waals surface area contributed by atoms with Crippen LogP contribution in [0.4, 0.5) is 4.39 Å². The number of benzene rings is 1. The molecular formula is C7H6BrFS. The molecule has 0 nitrogen and oxygen atoms in total. The van der Waals surface area contributed by atoms with Gasteiger partial charge in [-0.1, -0.05) is 15.9 Å². The molecule has 0 aliphatic rings. The van der Waals surface area contributed by atoms with Crippen LogP contribution in [-0.2, 0) is 0 Å². The van der Waals surface area contributed by atoms with E-state index in [2.05, 4.69) is 15.9 Å². The molecule has 1 rings (SSSR count). The molecule has 0 saturated heterocycles. The summed E-state index contributed by atoms with van der Waals surface area (Å²) >= 11 is 4.58. The molecule has 0 fully saturated rings. The minimum absolute atomic E-state index is 0.165. The molecule has 1 aromatic carbocycles. The van der Waals surface area contributed by atoms with Gasteiger partial charge >= 0.3 is 0 Å². The van der Waals surface area contributed by atoms with Crippen molar-refractivity contribution in [3.05, 3.63) is 28.5 Å². The predicted molar refractivity (Wildman–Crippen MR) is 45.9 cm³/mol. The molecule has 0 aromatic heterocycles. The summed E-state index contributed by atoms with van der Waals surface area (Å²) < 4.78 is 13.6. The van der Waals surface area contributed by atoms with Crippen LogP contribution in [0.1, 0.15) is 0 Å². The van der Waals surface area contributed by atoms with Gasteiger partial charge in [-0.15, -0.1) is 11.8 Å². The van der Waals surface area contributed by atoms with Gasteiger partial charge in [-0.25, -0.2) is 4.39 Å². The van der Waals surface area contributed by atoms with Gasteiger partial charge in [0.15, 0.2) is 0 Å². The Balaban J connectivity index is 3.07. The monoisotopic (exact) mass is 220 g/mol. The van der Waals surface area contributed by atoms with Crippen LogP contribution in [0.3, 0.4) is 0 Å². The molecule has 54 valence electrons. The summed E-state index contributed by atoms with van der Waals surface area (Å²) in [5.74, 6) is -0.165. The second kappa shape index (κ2) is 3.39. The van der Waals surface area contributed by atoms with Crippen molar-refractivity contribution in [1.29, 1.82) is 0 Å². The number of rotatable bonds is 1. The van der Waals surface area contributed by atoms with Gasteiger partial charge in [0, 0.05) is 9.37 Å². The van der Waals surface area contributed by atoms with Crippen LogP contribution in [0.15, 0.2) is 27.6 Å². The van der Waals surface area contributed by atoms with Crippen LogP contribution >= 0.6 is 27.7 Å². The topological polar surface area (TPSA) is 0 Å². The molecule has 0 spiro atoms. The molecule has 10 heavy (non-hydrogen) atoms. The van der Waals surface area contributed by atoms with Crippen molar-refractivity contribution in [3.63, 3.8) is 0 Å². The van der Waals surface area contributed by atoms with Crippen molar-refractivity contribution < 1.29 is 4.39 Å². The first kappa shape index (κ1) is 8.08. The van der Waals surface area contributed by atoms with Gasteiger partial charge in [0.05, 0.1) is 0 Å². The molecule has 0 aliphatic heterocycles. The van der Waals surface area contributed by atoms with Gasteiger partial charge in [-0.3, -0.25) is 0 Å². The van der Waals surface area contributed by atoms with E-state index in [1.807, 2.05) is 12.3 Å². The molecule has 1 aromatic rings. The van der Waals surface area contributed by atoms with E-state index < -0.39 is 0 Å².